The van der Waals surface area contributed by atoms with Gasteiger partial charge < -0.3 is 21.1 Å². The molecule has 0 aliphatic carbocycles. The van der Waals surface area contributed by atoms with Crippen LogP contribution in [0, 0.1) is 0 Å². The van der Waals surface area contributed by atoms with Gasteiger partial charge in [0.15, 0.2) is 0 Å². The van der Waals surface area contributed by atoms with Crippen LogP contribution in [0.4, 0.5) is 0 Å². The zero-order chi connectivity index (χ0) is 12.0. The van der Waals surface area contributed by atoms with Crippen LogP contribution in [-0.2, 0) is 4.79 Å². The normalized spacial score (nSPS) is 20.9. The number of primary amides is 1. The maximum atomic E-state index is 10.5. The van der Waals surface area contributed by atoms with Crippen molar-refractivity contribution in [1.82, 2.24) is 15.1 Å². The first-order chi connectivity index (χ1) is 7.59. The summed E-state index contributed by atoms with van der Waals surface area (Å²) in [7, 11) is 2.12. The highest BCUT2D eigenvalue weighted by Gasteiger charge is 2.13. The number of nitrogens with one attached hydrogen (secondary N) is 1. The lowest BCUT2D eigenvalue weighted by molar-refractivity contribution is -0.125. The summed E-state index contributed by atoms with van der Waals surface area (Å²) in [4.78, 5) is 15.2. The van der Waals surface area contributed by atoms with Crippen LogP contribution in [0.15, 0.2) is 0 Å². The molecular formula is C10H22N4O2. The molecule has 94 valence electrons. The molecule has 0 bridgehead atoms. The van der Waals surface area contributed by atoms with E-state index in [1.54, 1.807) is 0 Å². The predicted octanol–water partition coefficient (Wildman–Crippen LogP) is -2.33. The molecule has 1 atom stereocenters. The van der Waals surface area contributed by atoms with Crippen LogP contribution in [-0.4, -0.2) is 79.8 Å². The summed E-state index contributed by atoms with van der Waals surface area (Å²) in [6, 6.07) is 0. The number of hydrogen-bond acceptors (Lipinski definition) is 5. The lowest BCUT2D eigenvalue weighted by Crippen LogP contribution is -2.47. The number of hydrogen-bond donors (Lipinski definition) is 3. The van der Waals surface area contributed by atoms with Crippen LogP contribution >= 0.6 is 0 Å². The van der Waals surface area contributed by atoms with E-state index in [0.29, 0.717) is 0 Å². The van der Waals surface area contributed by atoms with E-state index in [2.05, 4.69) is 22.2 Å². The third-order valence-corrected chi connectivity index (χ3v) is 2.87. The van der Waals surface area contributed by atoms with Crippen LogP contribution in [0.25, 0.3) is 0 Å². The third-order valence-electron chi connectivity index (χ3n) is 2.87. The molecule has 1 heterocycles. The van der Waals surface area contributed by atoms with E-state index in [-0.39, 0.29) is 6.54 Å². The van der Waals surface area contributed by atoms with Crippen LogP contribution in [0.5, 0.6) is 0 Å². The fourth-order valence-electron chi connectivity index (χ4n) is 1.65. The molecule has 1 unspecified atom stereocenters. The standard InChI is InChI=1S/C10H22N4O2/c1-13-4-6-14(7-5-13)3-2-12-8-9(15)10(11)16/h9,12,15H,2-8H2,1H3,(H2,11,16). The number of piperazine rings is 1. The first kappa shape index (κ1) is 13.4. The van der Waals surface area contributed by atoms with Crippen molar-refractivity contribution < 1.29 is 9.90 Å². The largest absolute Gasteiger partial charge is 0.382 e. The van der Waals surface area contributed by atoms with Crippen molar-refractivity contribution in [1.29, 1.82) is 0 Å². The Morgan fingerprint density at radius 1 is 1.44 bits per heavy atom. The minimum absolute atomic E-state index is 0.239. The van der Waals surface area contributed by atoms with Crippen LogP contribution in [0.1, 0.15) is 0 Å². The summed E-state index contributed by atoms with van der Waals surface area (Å²) in [6.07, 6.45) is -1.08. The summed E-state index contributed by atoms with van der Waals surface area (Å²) in [5, 5.41) is 12.2. The van der Waals surface area contributed by atoms with Gasteiger partial charge in [0.25, 0.3) is 0 Å². The fraction of sp³-hybridized carbons (Fsp3) is 0.900. The predicted molar refractivity (Wildman–Crippen MR) is 62.0 cm³/mol. The van der Waals surface area contributed by atoms with Gasteiger partial charge in [-0.05, 0) is 7.05 Å². The average Bonchev–Trinajstić information content (AvgIpc) is 2.26. The van der Waals surface area contributed by atoms with E-state index in [4.69, 9.17) is 10.8 Å². The number of rotatable bonds is 6. The smallest absolute Gasteiger partial charge is 0.247 e. The Labute approximate surface area is 96.4 Å². The highest BCUT2D eigenvalue weighted by atomic mass is 16.3. The molecule has 0 radical (unpaired) electrons. The molecule has 1 amide bonds. The topological polar surface area (TPSA) is 81.8 Å². The monoisotopic (exact) mass is 230 g/mol. The van der Waals surface area contributed by atoms with Gasteiger partial charge in [0.1, 0.15) is 6.10 Å². The Morgan fingerprint density at radius 2 is 2.06 bits per heavy atom. The van der Waals surface area contributed by atoms with Gasteiger partial charge in [-0.2, -0.15) is 0 Å². The molecule has 0 aromatic carbocycles. The number of aliphatic hydroxyl groups is 1. The number of amides is 1. The Hall–Kier alpha value is -0.690. The minimum atomic E-state index is -1.08. The number of likely N-dealkylation sites (N-methyl/N-ethyl adjacent to an activating group) is 1. The maximum absolute atomic E-state index is 10.5. The van der Waals surface area contributed by atoms with Gasteiger partial charge in [0.2, 0.25) is 5.91 Å². The first-order valence-electron chi connectivity index (χ1n) is 5.68. The lowest BCUT2D eigenvalue weighted by Gasteiger charge is -2.32. The maximum Gasteiger partial charge on any atom is 0.247 e. The summed E-state index contributed by atoms with van der Waals surface area (Å²) in [5.74, 6) is -0.674. The second kappa shape index (κ2) is 6.80. The van der Waals surface area contributed by atoms with Gasteiger partial charge in [0, 0.05) is 45.8 Å². The van der Waals surface area contributed by atoms with E-state index in [1.165, 1.54) is 0 Å². The van der Waals surface area contributed by atoms with Crippen LogP contribution < -0.4 is 11.1 Å². The quantitative estimate of drug-likeness (QED) is 0.446. The van der Waals surface area contributed by atoms with E-state index in [1.807, 2.05) is 0 Å². The molecule has 1 fully saturated rings. The zero-order valence-corrected chi connectivity index (χ0v) is 9.85. The van der Waals surface area contributed by atoms with Crippen molar-refractivity contribution in [3.05, 3.63) is 0 Å². The van der Waals surface area contributed by atoms with Crippen molar-refractivity contribution in [2.24, 2.45) is 5.73 Å². The number of carbonyl (C=O) groups is 1. The number of nitrogens with zero attached hydrogens (tertiary/aromatic N) is 2. The molecule has 0 aromatic heterocycles. The molecule has 16 heavy (non-hydrogen) atoms. The van der Waals surface area contributed by atoms with Crippen molar-refractivity contribution in [2.75, 3.05) is 52.9 Å². The molecule has 4 N–H and O–H groups in total. The average molecular weight is 230 g/mol. The molecule has 1 rings (SSSR count). The molecule has 1 aliphatic rings. The molecule has 6 nitrogen and oxygen atoms in total. The third kappa shape index (κ3) is 4.89. The summed E-state index contributed by atoms with van der Waals surface area (Å²) >= 11 is 0. The lowest BCUT2D eigenvalue weighted by atomic mass is 10.3. The first-order valence-corrected chi connectivity index (χ1v) is 5.68. The number of carbonyl (C=O) groups excluding carboxylic acids is 1. The van der Waals surface area contributed by atoms with Gasteiger partial charge in [0.05, 0.1) is 0 Å². The Bertz CT molecular complexity index is 217. The van der Waals surface area contributed by atoms with E-state index >= 15 is 0 Å². The molecule has 6 heteroatoms. The highest BCUT2D eigenvalue weighted by Crippen LogP contribution is 1.97. The number of nitrogens with two attached hydrogens (primary N) is 1. The summed E-state index contributed by atoms with van der Waals surface area (Å²) < 4.78 is 0. The molecule has 0 spiro atoms. The van der Waals surface area contributed by atoms with Crippen LogP contribution in [0.3, 0.4) is 0 Å². The molecule has 0 aromatic rings. The Kier molecular flexibility index (Phi) is 5.68. The second-order valence-corrected chi connectivity index (χ2v) is 4.27. The number of aliphatic hydroxyl groups excluding tert-OH is 1. The molecule has 1 saturated heterocycles. The molecular weight excluding hydrogens is 208 g/mol. The van der Waals surface area contributed by atoms with Crippen molar-refractivity contribution in [3.63, 3.8) is 0 Å². The summed E-state index contributed by atoms with van der Waals surface area (Å²) in [5.41, 5.74) is 4.93. The van der Waals surface area contributed by atoms with Gasteiger partial charge in [-0.15, -0.1) is 0 Å². The van der Waals surface area contributed by atoms with Crippen molar-refractivity contribution >= 4 is 5.91 Å². The van der Waals surface area contributed by atoms with Crippen LogP contribution in [0.2, 0.25) is 0 Å². The van der Waals surface area contributed by atoms with Gasteiger partial charge in [-0.1, -0.05) is 0 Å². The molecule has 0 saturated carbocycles. The van der Waals surface area contributed by atoms with Gasteiger partial charge in [-0.3, -0.25) is 9.69 Å². The second-order valence-electron chi connectivity index (χ2n) is 4.27. The minimum Gasteiger partial charge on any atom is -0.382 e. The van der Waals surface area contributed by atoms with Gasteiger partial charge in [-0.25, -0.2) is 0 Å². The highest BCUT2D eigenvalue weighted by molar-refractivity contribution is 5.78. The van der Waals surface area contributed by atoms with E-state index in [9.17, 15) is 4.79 Å². The fourth-order valence-corrected chi connectivity index (χ4v) is 1.65. The van der Waals surface area contributed by atoms with Crippen molar-refractivity contribution in [2.45, 2.75) is 6.10 Å². The zero-order valence-electron chi connectivity index (χ0n) is 9.85. The Morgan fingerprint density at radius 3 is 2.62 bits per heavy atom. The van der Waals surface area contributed by atoms with E-state index in [0.717, 1.165) is 39.3 Å². The van der Waals surface area contributed by atoms with E-state index < -0.39 is 12.0 Å². The van der Waals surface area contributed by atoms with Crippen molar-refractivity contribution in [3.8, 4) is 0 Å². The SMILES string of the molecule is CN1CCN(CCNCC(O)C(N)=O)CC1. The van der Waals surface area contributed by atoms with Gasteiger partial charge >= 0.3 is 0 Å². The Balaban J connectivity index is 2.01. The summed E-state index contributed by atoms with van der Waals surface area (Å²) in [6.45, 7) is 6.32. The molecule has 1 aliphatic heterocycles.